The number of amides is 1. The molecule has 0 saturated carbocycles. The second-order valence-corrected chi connectivity index (χ2v) is 9.45. The molecule has 1 N–H and O–H groups in total. The Hall–Kier alpha value is -1.77. The van der Waals surface area contributed by atoms with E-state index < -0.39 is 12.1 Å². The topological polar surface area (TPSA) is 108 Å². The second-order valence-electron chi connectivity index (χ2n) is 8.22. The third-order valence-corrected chi connectivity index (χ3v) is 6.18. The molecule has 1 amide bonds. The highest BCUT2D eigenvalue weighted by atomic mass is 32.2. The van der Waals surface area contributed by atoms with Gasteiger partial charge in [-0.25, -0.2) is 0 Å². The van der Waals surface area contributed by atoms with E-state index >= 15 is 0 Å². The van der Waals surface area contributed by atoms with Crippen molar-refractivity contribution in [3.05, 3.63) is 0 Å². The van der Waals surface area contributed by atoms with Crippen LogP contribution in [0.2, 0.25) is 0 Å². The fraction of sp³-hybridized carbons (Fsp3) is 0.840. The Balaban J connectivity index is 3.97. The maximum Gasteiger partial charge on any atom is 0.325 e. The molecule has 1 atom stereocenters. The summed E-state index contributed by atoms with van der Waals surface area (Å²) in [5, 5.41) is 2.47. The highest BCUT2D eigenvalue weighted by molar-refractivity contribution is 7.99. The Morgan fingerprint density at radius 1 is 0.824 bits per heavy atom. The van der Waals surface area contributed by atoms with E-state index in [2.05, 4.69) is 17.0 Å². The van der Waals surface area contributed by atoms with Gasteiger partial charge in [-0.05, 0) is 12.8 Å². The summed E-state index contributed by atoms with van der Waals surface area (Å²) in [5.74, 6) is -0.273. The van der Waals surface area contributed by atoms with Crippen LogP contribution in [0.25, 0.3) is 0 Å². The SMILES string of the molecule is CCCCCCCCCCCC(CC(=O)OCCSCCC(=O)NCC(=O)OC)OC(=O)CC. The minimum absolute atomic E-state index is 0.0728. The molecule has 34 heavy (non-hydrogen) atoms. The van der Waals surface area contributed by atoms with Gasteiger partial charge >= 0.3 is 17.9 Å². The molecule has 1 unspecified atom stereocenters. The molecule has 0 aliphatic carbocycles. The Morgan fingerprint density at radius 2 is 1.47 bits per heavy atom. The number of hydrogen-bond acceptors (Lipinski definition) is 8. The Kier molecular flexibility index (Phi) is 21.8. The van der Waals surface area contributed by atoms with Crippen molar-refractivity contribution >= 4 is 35.6 Å². The van der Waals surface area contributed by atoms with Crippen molar-refractivity contribution in [2.75, 3.05) is 31.8 Å². The molecule has 0 rings (SSSR count). The molecule has 0 heterocycles. The molecule has 0 aromatic rings. The van der Waals surface area contributed by atoms with Crippen LogP contribution < -0.4 is 5.32 Å². The predicted octanol–water partition coefficient (Wildman–Crippen LogP) is 4.57. The number of ether oxygens (including phenoxy) is 3. The first-order valence-corrected chi connectivity index (χ1v) is 13.8. The Morgan fingerprint density at radius 3 is 2.09 bits per heavy atom. The van der Waals surface area contributed by atoms with Gasteiger partial charge in [-0.3, -0.25) is 19.2 Å². The van der Waals surface area contributed by atoms with E-state index in [0.717, 1.165) is 12.8 Å². The molecule has 0 aromatic carbocycles. The predicted molar refractivity (Wildman–Crippen MR) is 135 cm³/mol. The van der Waals surface area contributed by atoms with Crippen LogP contribution in [0, 0.1) is 0 Å². The van der Waals surface area contributed by atoms with Crippen molar-refractivity contribution in [2.24, 2.45) is 0 Å². The van der Waals surface area contributed by atoms with Crippen LogP contribution in [0.15, 0.2) is 0 Å². The number of methoxy groups -OCH3 is 1. The number of hydrogen-bond donors (Lipinski definition) is 1. The largest absolute Gasteiger partial charge is 0.468 e. The number of carbonyl (C=O) groups excluding carboxylic acids is 4. The van der Waals surface area contributed by atoms with Gasteiger partial charge in [0.25, 0.3) is 0 Å². The van der Waals surface area contributed by atoms with Crippen molar-refractivity contribution in [1.82, 2.24) is 5.32 Å². The number of carbonyl (C=O) groups is 4. The van der Waals surface area contributed by atoms with Crippen molar-refractivity contribution in [2.45, 2.75) is 103 Å². The first kappa shape index (κ1) is 32.2. The van der Waals surface area contributed by atoms with E-state index in [1.54, 1.807) is 6.92 Å². The molecule has 0 bridgehead atoms. The van der Waals surface area contributed by atoms with Gasteiger partial charge in [0.1, 0.15) is 19.3 Å². The number of rotatable bonds is 22. The van der Waals surface area contributed by atoms with Crippen LogP contribution in [0.4, 0.5) is 0 Å². The van der Waals surface area contributed by atoms with E-state index in [9.17, 15) is 19.2 Å². The molecular weight excluding hydrogens is 458 g/mol. The smallest absolute Gasteiger partial charge is 0.325 e. The van der Waals surface area contributed by atoms with Crippen LogP contribution in [-0.4, -0.2) is 61.7 Å². The van der Waals surface area contributed by atoms with Crippen LogP contribution in [-0.2, 0) is 33.4 Å². The summed E-state index contributed by atoms with van der Waals surface area (Å²) in [5.41, 5.74) is 0. The van der Waals surface area contributed by atoms with Gasteiger partial charge in [-0.2, -0.15) is 11.8 Å². The highest BCUT2D eigenvalue weighted by Gasteiger charge is 2.18. The lowest BCUT2D eigenvalue weighted by atomic mass is 10.0. The third-order valence-electron chi connectivity index (χ3n) is 5.23. The molecule has 0 aliphatic rings. The molecule has 0 aromatic heterocycles. The first-order valence-electron chi connectivity index (χ1n) is 12.7. The van der Waals surface area contributed by atoms with Gasteiger partial charge in [0.15, 0.2) is 0 Å². The van der Waals surface area contributed by atoms with Crippen molar-refractivity contribution in [1.29, 1.82) is 0 Å². The lowest BCUT2D eigenvalue weighted by molar-refractivity contribution is -0.155. The van der Waals surface area contributed by atoms with Gasteiger partial charge in [0.2, 0.25) is 5.91 Å². The quantitative estimate of drug-likeness (QED) is 0.130. The maximum atomic E-state index is 12.2. The molecule has 198 valence electrons. The molecular formula is C25H45NO7S. The average Bonchev–Trinajstić information content (AvgIpc) is 2.83. The van der Waals surface area contributed by atoms with Gasteiger partial charge in [0, 0.05) is 24.3 Å². The zero-order valence-corrected chi connectivity index (χ0v) is 22.2. The zero-order valence-electron chi connectivity index (χ0n) is 21.4. The fourth-order valence-corrected chi connectivity index (χ4v) is 3.95. The van der Waals surface area contributed by atoms with Gasteiger partial charge < -0.3 is 19.5 Å². The van der Waals surface area contributed by atoms with Crippen molar-refractivity contribution in [3.63, 3.8) is 0 Å². The summed E-state index contributed by atoms with van der Waals surface area (Å²) >= 11 is 1.48. The molecule has 0 fully saturated rings. The molecule has 0 saturated heterocycles. The number of unbranched alkanes of at least 4 members (excludes halogenated alkanes) is 8. The van der Waals surface area contributed by atoms with Crippen LogP contribution in [0.3, 0.4) is 0 Å². The van der Waals surface area contributed by atoms with E-state index in [1.165, 1.54) is 63.8 Å². The standard InChI is InChI=1S/C25H45NO7S/c1-4-6-7-8-9-10-11-12-13-14-21(33-23(28)5-2)19-24(29)32-16-18-34-17-15-22(27)26-20-25(30)31-3/h21H,4-20H2,1-3H3,(H,26,27). The minimum Gasteiger partial charge on any atom is -0.468 e. The lowest BCUT2D eigenvalue weighted by Gasteiger charge is -2.17. The molecule has 0 spiro atoms. The average molecular weight is 504 g/mol. The molecule has 0 radical (unpaired) electrons. The summed E-state index contributed by atoms with van der Waals surface area (Å²) in [4.78, 5) is 46.4. The van der Waals surface area contributed by atoms with Gasteiger partial charge in [0.05, 0.1) is 13.5 Å². The van der Waals surface area contributed by atoms with Crippen molar-refractivity contribution < 1.29 is 33.4 Å². The Bertz CT molecular complexity index is 571. The number of nitrogens with one attached hydrogen (secondary N) is 1. The second kappa shape index (κ2) is 23.0. The first-order chi connectivity index (χ1) is 16.4. The summed E-state index contributed by atoms with van der Waals surface area (Å²) in [6.45, 7) is 4.06. The van der Waals surface area contributed by atoms with E-state index in [-0.39, 0.29) is 50.3 Å². The number of esters is 3. The van der Waals surface area contributed by atoms with Crippen LogP contribution in [0.5, 0.6) is 0 Å². The summed E-state index contributed by atoms with van der Waals surface area (Å²) in [7, 11) is 1.26. The van der Waals surface area contributed by atoms with Gasteiger partial charge in [-0.15, -0.1) is 0 Å². The van der Waals surface area contributed by atoms with Crippen LogP contribution in [0.1, 0.15) is 97.3 Å². The van der Waals surface area contributed by atoms with E-state index in [1.807, 2.05) is 0 Å². The Labute approximate surface area is 209 Å². The highest BCUT2D eigenvalue weighted by Crippen LogP contribution is 2.15. The van der Waals surface area contributed by atoms with Crippen LogP contribution >= 0.6 is 11.8 Å². The number of thioether (sulfide) groups is 1. The third kappa shape index (κ3) is 20.8. The normalized spacial score (nSPS) is 11.5. The zero-order chi connectivity index (χ0) is 25.4. The lowest BCUT2D eigenvalue weighted by Crippen LogP contribution is -2.30. The minimum atomic E-state index is -0.492. The molecule has 0 aliphatic heterocycles. The summed E-state index contributed by atoms with van der Waals surface area (Å²) in [6.07, 6.45) is 11.7. The molecule has 9 heteroatoms. The van der Waals surface area contributed by atoms with E-state index in [4.69, 9.17) is 9.47 Å². The van der Waals surface area contributed by atoms with E-state index in [0.29, 0.717) is 17.9 Å². The maximum absolute atomic E-state index is 12.2. The summed E-state index contributed by atoms with van der Waals surface area (Å²) < 4.78 is 15.2. The van der Waals surface area contributed by atoms with Gasteiger partial charge in [-0.1, -0.05) is 65.2 Å². The fourth-order valence-electron chi connectivity index (χ4n) is 3.21. The monoisotopic (exact) mass is 503 g/mol. The summed E-state index contributed by atoms with van der Waals surface area (Å²) in [6, 6.07) is 0. The molecule has 8 nitrogen and oxygen atoms in total. The van der Waals surface area contributed by atoms with Crippen molar-refractivity contribution in [3.8, 4) is 0 Å².